The van der Waals surface area contributed by atoms with Crippen LogP contribution in [0.1, 0.15) is 36.4 Å². The summed E-state index contributed by atoms with van der Waals surface area (Å²) < 4.78 is 0. The number of rotatable bonds is 4. The molecule has 1 saturated carbocycles. The molecule has 1 unspecified atom stereocenters. The zero-order valence-electron chi connectivity index (χ0n) is 9.20. The Labute approximate surface area is 95.1 Å². The Balaban J connectivity index is 1.95. The highest BCUT2D eigenvalue weighted by atomic mass is 32.1. The van der Waals surface area contributed by atoms with Gasteiger partial charge in [-0.25, -0.2) is 4.98 Å². The molecule has 0 aliphatic heterocycles. The van der Waals surface area contributed by atoms with Crippen LogP contribution in [0.4, 0.5) is 0 Å². The minimum Gasteiger partial charge on any atom is -0.271 e. The van der Waals surface area contributed by atoms with Crippen molar-refractivity contribution in [1.82, 2.24) is 10.4 Å². The number of hydrogen-bond donors (Lipinski definition) is 2. The molecule has 1 aliphatic rings. The molecule has 2 rings (SSSR count). The van der Waals surface area contributed by atoms with Crippen LogP contribution in [0, 0.1) is 12.8 Å². The van der Waals surface area contributed by atoms with Gasteiger partial charge in [0, 0.05) is 17.8 Å². The van der Waals surface area contributed by atoms with Crippen molar-refractivity contribution in [3.05, 3.63) is 16.1 Å². The van der Waals surface area contributed by atoms with Crippen LogP contribution in [0.2, 0.25) is 0 Å². The summed E-state index contributed by atoms with van der Waals surface area (Å²) in [6, 6.07) is 0.411. The Hall–Kier alpha value is -0.450. The quantitative estimate of drug-likeness (QED) is 0.609. The van der Waals surface area contributed by atoms with Gasteiger partial charge in [0.25, 0.3) is 0 Å². The minimum absolute atomic E-state index is 0.411. The van der Waals surface area contributed by atoms with E-state index in [1.807, 2.05) is 0 Å². The van der Waals surface area contributed by atoms with Crippen molar-refractivity contribution in [2.24, 2.45) is 11.8 Å². The molecule has 4 heteroatoms. The van der Waals surface area contributed by atoms with Gasteiger partial charge in [-0.05, 0) is 25.7 Å². The lowest BCUT2D eigenvalue weighted by Gasteiger charge is -2.21. The Morgan fingerprint density at radius 2 is 2.33 bits per heavy atom. The summed E-state index contributed by atoms with van der Waals surface area (Å²) in [5, 5.41) is 3.29. The first-order valence-corrected chi connectivity index (χ1v) is 6.54. The van der Waals surface area contributed by atoms with Crippen LogP contribution in [-0.4, -0.2) is 11.0 Å². The molecular weight excluding hydrogens is 206 g/mol. The van der Waals surface area contributed by atoms with Crippen LogP contribution in [0.5, 0.6) is 0 Å². The van der Waals surface area contributed by atoms with Gasteiger partial charge in [-0.3, -0.25) is 11.3 Å². The molecule has 0 amide bonds. The normalized spacial score (nSPS) is 19.6. The van der Waals surface area contributed by atoms with E-state index in [1.165, 1.54) is 31.4 Å². The van der Waals surface area contributed by atoms with Gasteiger partial charge in [-0.1, -0.05) is 12.8 Å². The van der Waals surface area contributed by atoms with Crippen LogP contribution < -0.4 is 11.3 Å². The third kappa shape index (κ3) is 2.77. The van der Waals surface area contributed by atoms with Crippen molar-refractivity contribution in [3.8, 4) is 0 Å². The summed E-state index contributed by atoms with van der Waals surface area (Å²) in [4.78, 5) is 4.49. The second-order valence-electron chi connectivity index (χ2n) is 4.38. The molecule has 0 aromatic carbocycles. The van der Waals surface area contributed by atoms with E-state index >= 15 is 0 Å². The SMILES string of the molecule is Cc1nc(CC(NN)C2CCCC2)cs1. The molecule has 1 heterocycles. The summed E-state index contributed by atoms with van der Waals surface area (Å²) in [5.74, 6) is 6.38. The third-order valence-electron chi connectivity index (χ3n) is 3.28. The highest BCUT2D eigenvalue weighted by molar-refractivity contribution is 7.09. The summed E-state index contributed by atoms with van der Waals surface area (Å²) in [7, 11) is 0. The maximum absolute atomic E-state index is 5.63. The summed E-state index contributed by atoms with van der Waals surface area (Å²) in [5.41, 5.74) is 4.15. The van der Waals surface area contributed by atoms with Crippen molar-refractivity contribution in [3.63, 3.8) is 0 Å². The maximum atomic E-state index is 5.63. The minimum atomic E-state index is 0.411. The first kappa shape index (κ1) is 11.0. The lowest BCUT2D eigenvalue weighted by atomic mass is 9.95. The fraction of sp³-hybridized carbons (Fsp3) is 0.727. The van der Waals surface area contributed by atoms with Crippen molar-refractivity contribution in [2.75, 3.05) is 0 Å². The van der Waals surface area contributed by atoms with E-state index in [0.717, 1.165) is 17.3 Å². The third-order valence-corrected chi connectivity index (χ3v) is 4.10. The van der Waals surface area contributed by atoms with Crippen LogP contribution in [0.25, 0.3) is 0 Å². The van der Waals surface area contributed by atoms with Gasteiger partial charge < -0.3 is 0 Å². The monoisotopic (exact) mass is 225 g/mol. The zero-order chi connectivity index (χ0) is 10.7. The number of nitrogens with zero attached hydrogens (tertiary/aromatic N) is 1. The molecule has 0 bridgehead atoms. The number of nitrogens with one attached hydrogen (secondary N) is 1. The van der Waals surface area contributed by atoms with E-state index in [0.29, 0.717) is 6.04 Å². The standard InChI is InChI=1S/C11H19N3S/c1-8-13-10(7-15-8)6-11(14-12)9-4-2-3-5-9/h7,9,11,14H,2-6,12H2,1H3. The van der Waals surface area contributed by atoms with Gasteiger partial charge in [0.15, 0.2) is 0 Å². The second-order valence-corrected chi connectivity index (χ2v) is 5.44. The molecular formula is C11H19N3S. The Morgan fingerprint density at radius 1 is 1.60 bits per heavy atom. The van der Waals surface area contributed by atoms with E-state index in [9.17, 15) is 0 Å². The number of hydrazine groups is 1. The molecule has 0 spiro atoms. The van der Waals surface area contributed by atoms with Gasteiger partial charge in [0.05, 0.1) is 10.7 Å². The fourth-order valence-corrected chi connectivity index (χ4v) is 3.07. The van der Waals surface area contributed by atoms with E-state index in [-0.39, 0.29) is 0 Å². The number of thiazole rings is 1. The molecule has 84 valence electrons. The van der Waals surface area contributed by atoms with Gasteiger partial charge in [0.1, 0.15) is 0 Å². The Kier molecular flexibility index (Phi) is 3.72. The molecule has 1 atom stereocenters. The Morgan fingerprint density at radius 3 is 2.87 bits per heavy atom. The predicted molar refractivity (Wildman–Crippen MR) is 63.6 cm³/mol. The first-order valence-electron chi connectivity index (χ1n) is 5.66. The average Bonchev–Trinajstić information content (AvgIpc) is 2.85. The van der Waals surface area contributed by atoms with Crippen molar-refractivity contribution >= 4 is 11.3 Å². The van der Waals surface area contributed by atoms with Crippen molar-refractivity contribution in [1.29, 1.82) is 0 Å². The molecule has 0 saturated heterocycles. The van der Waals surface area contributed by atoms with Crippen LogP contribution >= 0.6 is 11.3 Å². The van der Waals surface area contributed by atoms with Gasteiger partial charge in [-0.15, -0.1) is 11.3 Å². The van der Waals surface area contributed by atoms with Gasteiger partial charge in [0.2, 0.25) is 0 Å². The number of nitrogens with two attached hydrogens (primary N) is 1. The van der Waals surface area contributed by atoms with Crippen LogP contribution in [0.3, 0.4) is 0 Å². The van der Waals surface area contributed by atoms with E-state index in [1.54, 1.807) is 11.3 Å². The molecule has 1 fully saturated rings. The molecule has 3 nitrogen and oxygen atoms in total. The number of aromatic nitrogens is 1. The lowest BCUT2D eigenvalue weighted by molar-refractivity contribution is 0.359. The van der Waals surface area contributed by atoms with E-state index in [4.69, 9.17) is 5.84 Å². The average molecular weight is 225 g/mol. The number of hydrogen-bond acceptors (Lipinski definition) is 4. The Bertz CT molecular complexity index is 305. The van der Waals surface area contributed by atoms with Gasteiger partial charge >= 0.3 is 0 Å². The van der Waals surface area contributed by atoms with Crippen LogP contribution in [-0.2, 0) is 6.42 Å². The van der Waals surface area contributed by atoms with E-state index in [2.05, 4.69) is 22.7 Å². The fourth-order valence-electron chi connectivity index (χ4n) is 2.45. The molecule has 15 heavy (non-hydrogen) atoms. The highest BCUT2D eigenvalue weighted by Gasteiger charge is 2.24. The zero-order valence-corrected chi connectivity index (χ0v) is 10.0. The molecule has 1 aliphatic carbocycles. The largest absolute Gasteiger partial charge is 0.271 e. The summed E-state index contributed by atoms with van der Waals surface area (Å²) in [6.07, 6.45) is 6.33. The first-order chi connectivity index (χ1) is 7.29. The molecule has 0 radical (unpaired) electrons. The molecule has 1 aromatic heterocycles. The van der Waals surface area contributed by atoms with Crippen LogP contribution in [0.15, 0.2) is 5.38 Å². The van der Waals surface area contributed by atoms with Crippen molar-refractivity contribution in [2.45, 2.75) is 45.1 Å². The molecule has 3 N–H and O–H groups in total. The summed E-state index contributed by atoms with van der Waals surface area (Å²) in [6.45, 7) is 2.05. The maximum Gasteiger partial charge on any atom is 0.0897 e. The summed E-state index contributed by atoms with van der Waals surface area (Å²) >= 11 is 1.72. The van der Waals surface area contributed by atoms with Crippen molar-refractivity contribution < 1.29 is 0 Å². The highest BCUT2D eigenvalue weighted by Crippen LogP contribution is 2.29. The number of aryl methyl sites for hydroxylation is 1. The predicted octanol–water partition coefficient (Wildman–Crippen LogP) is 2.02. The van der Waals surface area contributed by atoms with Gasteiger partial charge in [-0.2, -0.15) is 0 Å². The topological polar surface area (TPSA) is 50.9 Å². The lowest BCUT2D eigenvalue weighted by Crippen LogP contribution is -2.41. The second kappa shape index (κ2) is 5.05. The smallest absolute Gasteiger partial charge is 0.0897 e. The molecule has 1 aromatic rings. The van der Waals surface area contributed by atoms with E-state index < -0.39 is 0 Å².